The SMILES string of the molecule is CC/C(=C\c1ccc(O)c2ccccc12)CC[C@@H](O)C1=C(COc2ccccc2)C[C@H]2C(=O)N(CCCCCC(=O)O)C(=O)[C@H]2[C@H]1CO. The lowest BCUT2D eigenvalue weighted by Crippen LogP contribution is -2.40. The van der Waals surface area contributed by atoms with Gasteiger partial charge in [0.25, 0.3) is 0 Å². The number of unbranched alkanes of at least 4 members (excludes halogenated alkanes) is 2. The van der Waals surface area contributed by atoms with Crippen LogP contribution in [0.2, 0.25) is 0 Å². The summed E-state index contributed by atoms with van der Waals surface area (Å²) in [5.41, 5.74) is 3.37. The first kappa shape index (κ1) is 34.9. The van der Waals surface area contributed by atoms with Gasteiger partial charge < -0.3 is 25.2 Å². The van der Waals surface area contributed by atoms with Crippen LogP contribution < -0.4 is 4.74 Å². The van der Waals surface area contributed by atoms with Crippen molar-refractivity contribution in [2.24, 2.45) is 17.8 Å². The summed E-state index contributed by atoms with van der Waals surface area (Å²) in [6.45, 7) is 1.97. The van der Waals surface area contributed by atoms with Gasteiger partial charge in [0.1, 0.15) is 18.1 Å². The molecule has 0 radical (unpaired) electrons. The first-order chi connectivity index (χ1) is 23.2. The molecule has 254 valence electrons. The van der Waals surface area contributed by atoms with E-state index in [2.05, 4.69) is 13.0 Å². The number of fused-ring (bicyclic) bond motifs is 2. The summed E-state index contributed by atoms with van der Waals surface area (Å²) in [5, 5.41) is 43.5. The number of carbonyl (C=O) groups excluding carboxylic acids is 2. The molecule has 1 heterocycles. The second-order valence-corrected chi connectivity index (χ2v) is 12.7. The number of nitrogens with zero attached hydrogens (tertiary/aromatic N) is 1. The molecule has 1 aliphatic carbocycles. The molecule has 9 heteroatoms. The minimum Gasteiger partial charge on any atom is -0.507 e. The van der Waals surface area contributed by atoms with Crippen LogP contribution in [0.15, 0.2) is 83.4 Å². The van der Waals surface area contributed by atoms with E-state index in [4.69, 9.17) is 9.84 Å². The van der Waals surface area contributed by atoms with Crippen molar-refractivity contribution in [3.63, 3.8) is 0 Å². The van der Waals surface area contributed by atoms with Crippen molar-refractivity contribution in [2.45, 2.75) is 64.4 Å². The van der Waals surface area contributed by atoms with Crippen molar-refractivity contribution in [3.8, 4) is 11.5 Å². The molecular weight excluding hydrogens is 610 g/mol. The van der Waals surface area contributed by atoms with Crippen molar-refractivity contribution in [1.29, 1.82) is 0 Å². The van der Waals surface area contributed by atoms with Crippen LogP contribution in [0.25, 0.3) is 16.8 Å². The Kier molecular flexibility index (Phi) is 11.7. The minimum atomic E-state index is -0.975. The molecule has 3 aromatic rings. The highest BCUT2D eigenvalue weighted by atomic mass is 16.5. The van der Waals surface area contributed by atoms with Gasteiger partial charge in [-0.3, -0.25) is 19.3 Å². The number of carboxylic acids is 1. The van der Waals surface area contributed by atoms with Gasteiger partial charge in [0, 0.05) is 24.3 Å². The summed E-state index contributed by atoms with van der Waals surface area (Å²) in [6.07, 6.45) is 4.60. The number of benzene rings is 3. The predicted octanol–water partition coefficient (Wildman–Crippen LogP) is 6.11. The highest BCUT2D eigenvalue weighted by Gasteiger charge is 2.54. The first-order valence-corrected chi connectivity index (χ1v) is 16.9. The third-order valence-corrected chi connectivity index (χ3v) is 9.75. The number of aliphatic hydroxyl groups is 2. The molecule has 0 aromatic heterocycles. The Balaban J connectivity index is 1.38. The summed E-state index contributed by atoms with van der Waals surface area (Å²) in [5.74, 6) is -2.83. The molecule has 4 atom stereocenters. The van der Waals surface area contributed by atoms with Crippen molar-refractivity contribution in [2.75, 3.05) is 19.8 Å². The fourth-order valence-corrected chi connectivity index (χ4v) is 7.27. The number of ether oxygens (including phenoxy) is 1. The molecule has 1 fully saturated rings. The third kappa shape index (κ3) is 7.80. The molecule has 5 rings (SSSR count). The summed E-state index contributed by atoms with van der Waals surface area (Å²) >= 11 is 0. The van der Waals surface area contributed by atoms with E-state index in [0.717, 1.165) is 33.9 Å². The van der Waals surface area contributed by atoms with E-state index in [1.807, 2.05) is 60.7 Å². The molecule has 0 spiro atoms. The molecule has 0 bridgehead atoms. The highest BCUT2D eigenvalue weighted by Crippen LogP contribution is 2.46. The highest BCUT2D eigenvalue weighted by molar-refractivity contribution is 6.06. The lowest BCUT2D eigenvalue weighted by molar-refractivity contribution is -0.141. The number of hydrogen-bond donors (Lipinski definition) is 4. The number of allylic oxidation sites excluding steroid dienone is 1. The Hall–Kier alpha value is -4.47. The average Bonchev–Trinajstić information content (AvgIpc) is 3.33. The Bertz CT molecular complexity index is 1680. The topological polar surface area (TPSA) is 145 Å². The van der Waals surface area contributed by atoms with Gasteiger partial charge in [0.15, 0.2) is 0 Å². The molecule has 1 saturated heterocycles. The van der Waals surface area contributed by atoms with Gasteiger partial charge in [-0.15, -0.1) is 0 Å². The van der Waals surface area contributed by atoms with Crippen LogP contribution in [0.3, 0.4) is 0 Å². The van der Waals surface area contributed by atoms with Gasteiger partial charge in [0.05, 0.1) is 24.5 Å². The molecule has 2 aliphatic rings. The molecule has 2 amide bonds. The zero-order chi connectivity index (χ0) is 34.2. The van der Waals surface area contributed by atoms with E-state index in [-0.39, 0.29) is 43.6 Å². The van der Waals surface area contributed by atoms with E-state index in [1.165, 1.54) is 4.90 Å². The number of hydrogen-bond acceptors (Lipinski definition) is 7. The Labute approximate surface area is 281 Å². The Morgan fingerprint density at radius 2 is 1.69 bits per heavy atom. The number of carboxylic acid groups (broad SMARTS) is 1. The number of phenols is 1. The quantitative estimate of drug-likeness (QED) is 0.0822. The molecular formula is C39H45NO8. The summed E-state index contributed by atoms with van der Waals surface area (Å²) in [6, 6.07) is 20.5. The summed E-state index contributed by atoms with van der Waals surface area (Å²) < 4.78 is 6.10. The number of amides is 2. The number of para-hydroxylation sites is 1. The molecule has 0 saturated carbocycles. The predicted molar refractivity (Wildman–Crippen MR) is 183 cm³/mol. The molecule has 0 unspecified atom stereocenters. The third-order valence-electron chi connectivity index (χ3n) is 9.75. The number of phenolic OH excluding ortho intramolecular Hbond substituents is 1. The van der Waals surface area contributed by atoms with Crippen LogP contribution in [-0.4, -0.2) is 69.0 Å². The van der Waals surface area contributed by atoms with Crippen molar-refractivity contribution < 1.29 is 39.5 Å². The van der Waals surface area contributed by atoms with E-state index >= 15 is 0 Å². The zero-order valence-corrected chi connectivity index (χ0v) is 27.4. The van der Waals surface area contributed by atoms with Crippen molar-refractivity contribution in [3.05, 3.63) is 89.0 Å². The van der Waals surface area contributed by atoms with Crippen LogP contribution in [0.1, 0.15) is 63.9 Å². The normalized spacial score (nSPS) is 20.4. The standard InChI is InChI=1S/C39H45NO8/c1-2-25(21-26-17-19-33(42)30-14-9-8-13-29(26)30)16-18-34(43)36-27(24-48-28-11-5-3-6-12-28)22-31-37(32(36)23-41)39(47)40(38(31)46)20-10-4-7-15-35(44)45/h3,5-6,8-9,11-14,17,19,21,31-32,34,37,41-43H,2,4,7,10,15-16,18,20,22-24H2,1H3,(H,44,45)/b25-21+/t31-,32+,34-,37-/m1/s1. The second kappa shape index (κ2) is 16.1. The van der Waals surface area contributed by atoms with Crippen LogP contribution in [0, 0.1) is 17.8 Å². The van der Waals surface area contributed by atoms with Gasteiger partial charge in [-0.25, -0.2) is 0 Å². The van der Waals surface area contributed by atoms with Gasteiger partial charge in [-0.05, 0) is 78.8 Å². The monoisotopic (exact) mass is 655 g/mol. The first-order valence-electron chi connectivity index (χ1n) is 16.9. The van der Waals surface area contributed by atoms with Gasteiger partial charge >= 0.3 is 5.97 Å². The maximum Gasteiger partial charge on any atom is 0.303 e. The van der Waals surface area contributed by atoms with Crippen molar-refractivity contribution in [1.82, 2.24) is 4.90 Å². The minimum absolute atomic E-state index is 0.0378. The number of aromatic hydroxyl groups is 1. The molecule has 9 nitrogen and oxygen atoms in total. The largest absolute Gasteiger partial charge is 0.507 e. The van der Waals surface area contributed by atoms with Crippen LogP contribution in [0.5, 0.6) is 11.5 Å². The average molecular weight is 656 g/mol. The molecule has 1 aliphatic heterocycles. The number of aliphatic hydroxyl groups excluding tert-OH is 2. The van der Waals surface area contributed by atoms with E-state index in [9.17, 15) is 29.7 Å². The number of aliphatic carboxylic acids is 1. The Morgan fingerprint density at radius 1 is 0.958 bits per heavy atom. The lowest BCUT2D eigenvalue weighted by atomic mass is 9.68. The second-order valence-electron chi connectivity index (χ2n) is 12.7. The van der Waals surface area contributed by atoms with E-state index in [0.29, 0.717) is 43.4 Å². The molecule has 48 heavy (non-hydrogen) atoms. The lowest BCUT2D eigenvalue weighted by Gasteiger charge is -2.36. The maximum atomic E-state index is 13.7. The smallest absolute Gasteiger partial charge is 0.303 e. The van der Waals surface area contributed by atoms with Crippen LogP contribution in [0.4, 0.5) is 0 Å². The summed E-state index contributed by atoms with van der Waals surface area (Å²) in [7, 11) is 0. The molecule has 3 aromatic carbocycles. The van der Waals surface area contributed by atoms with E-state index in [1.54, 1.807) is 6.07 Å². The van der Waals surface area contributed by atoms with Crippen LogP contribution in [-0.2, 0) is 14.4 Å². The number of imide groups is 1. The summed E-state index contributed by atoms with van der Waals surface area (Å²) in [4.78, 5) is 39.5. The number of carbonyl (C=O) groups is 3. The number of likely N-dealkylation sites (tertiary alicyclic amines) is 1. The fraction of sp³-hybridized carbons (Fsp3) is 0.410. The zero-order valence-electron chi connectivity index (χ0n) is 27.4. The Morgan fingerprint density at radius 3 is 2.40 bits per heavy atom. The van der Waals surface area contributed by atoms with Gasteiger partial charge in [-0.1, -0.05) is 73.5 Å². The number of rotatable bonds is 16. The van der Waals surface area contributed by atoms with Gasteiger partial charge in [-0.2, -0.15) is 0 Å². The maximum absolute atomic E-state index is 13.7. The van der Waals surface area contributed by atoms with Crippen LogP contribution >= 0.6 is 0 Å². The van der Waals surface area contributed by atoms with E-state index < -0.39 is 36.4 Å². The fourth-order valence-electron chi connectivity index (χ4n) is 7.27. The molecule has 4 N–H and O–H groups in total. The van der Waals surface area contributed by atoms with Crippen molar-refractivity contribution >= 4 is 34.6 Å². The van der Waals surface area contributed by atoms with Gasteiger partial charge in [0.2, 0.25) is 11.8 Å².